The molecule has 1 aliphatic carbocycles. The average molecular weight is 664 g/mol. The van der Waals surface area contributed by atoms with Crippen LogP contribution in [0.5, 0.6) is 0 Å². The molecule has 46 heavy (non-hydrogen) atoms. The first-order chi connectivity index (χ1) is 21.8. The van der Waals surface area contributed by atoms with Crippen molar-refractivity contribution >= 4 is 40.2 Å². The summed E-state index contributed by atoms with van der Waals surface area (Å²) in [6, 6.07) is 3.63. The van der Waals surface area contributed by atoms with E-state index in [4.69, 9.17) is 8.92 Å². The van der Waals surface area contributed by atoms with Crippen molar-refractivity contribution in [3.8, 4) is 0 Å². The van der Waals surface area contributed by atoms with Crippen LogP contribution in [-0.2, 0) is 53.1 Å². The summed E-state index contributed by atoms with van der Waals surface area (Å²) in [5, 5.41) is 14.2. The molecular formula is C30H41N5O10S. The van der Waals surface area contributed by atoms with E-state index in [-0.39, 0.29) is 19.6 Å². The molecular weight excluding hydrogens is 622 g/mol. The SMILES string of the molecule is C=CCC(NC(=O)C1CCCN1C(=O)CNC(=O)OCCCCc1cccc2c1CN(C(=O)O)C2)C(=O)NS(=O)(=O)OC1(C)CC1. The Morgan fingerprint density at radius 2 is 1.93 bits per heavy atom. The minimum Gasteiger partial charge on any atom is -0.465 e. The number of benzene rings is 1. The third-order valence-electron chi connectivity index (χ3n) is 8.21. The Kier molecular flexibility index (Phi) is 11.3. The zero-order valence-electron chi connectivity index (χ0n) is 25.8. The van der Waals surface area contributed by atoms with Crippen molar-refractivity contribution in [2.45, 2.75) is 89.1 Å². The van der Waals surface area contributed by atoms with Crippen molar-refractivity contribution < 1.29 is 46.4 Å². The fourth-order valence-corrected chi connectivity index (χ4v) is 6.61. The zero-order valence-corrected chi connectivity index (χ0v) is 26.6. The van der Waals surface area contributed by atoms with Crippen molar-refractivity contribution in [2.75, 3.05) is 19.7 Å². The maximum absolute atomic E-state index is 13.1. The Labute approximate surface area is 267 Å². The van der Waals surface area contributed by atoms with E-state index in [9.17, 15) is 37.5 Å². The summed E-state index contributed by atoms with van der Waals surface area (Å²) in [5.41, 5.74) is 2.25. The van der Waals surface area contributed by atoms with E-state index in [1.165, 1.54) is 15.9 Å². The van der Waals surface area contributed by atoms with Gasteiger partial charge in [0, 0.05) is 19.6 Å². The van der Waals surface area contributed by atoms with Gasteiger partial charge in [0.25, 0.3) is 5.91 Å². The molecule has 2 atom stereocenters. The molecule has 1 aromatic carbocycles. The van der Waals surface area contributed by atoms with E-state index in [1.807, 2.05) is 22.9 Å². The number of hydrogen-bond acceptors (Lipinski definition) is 9. The van der Waals surface area contributed by atoms with Gasteiger partial charge in [-0.3, -0.25) is 19.3 Å². The molecule has 0 bridgehead atoms. The van der Waals surface area contributed by atoms with Gasteiger partial charge in [-0.15, -0.1) is 6.58 Å². The summed E-state index contributed by atoms with van der Waals surface area (Å²) in [6.45, 7) is 5.88. The standard InChI is InChI=1S/C30H41N5O10S/c1-3-8-23(26(37)33-46(42,43)45-30(2)13-14-30)32-27(38)24-12-7-15-35(24)25(36)17-31-28(39)44-16-5-4-9-20-10-6-11-21-18-34(29(40)41)19-22(20)21/h3,6,10-11,23-24H,1,4-5,7-9,12-19H2,2H3,(H,31,39)(H,32,38)(H,33,37)(H,40,41). The number of hydrogen-bond donors (Lipinski definition) is 4. The monoisotopic (exact) mass is 663 g/mol. The Hall–Kier alpha value is -4.18. The van der Waals surface area contributed by atoms with Gasteiger partial charge in [-0.25, -0.2) is 18.5 Å². The van der Waals surface area contributed by atoms with Crippen LogP contribution < -0.4 is 15.4 Å². The third kappa shape index (κ3) is 9.42. The first kappa shape index (κ1) is 34.7. The molecule has 252 valence electrons. The lowest BCUT2D eigenvalue weighted by molar-refractivity contribution is -0.138. The van der Waals surface area contributed by atoms with Gasteiger partial charge in [-0.05, 0) is 75.0 Å². The molecule has 0 radical (unpaired) electrons. The minimum atomic E-state index is -4.38. The van der Waals surface area contributed by atoms with Crippen LogP contribution in [0.1, 0.15) is 68.6 Å². The van der Waals surface area contributed by atoms with Crippen molar-refractivity contribution in [1.82, 2.24) is 25.2 Å². The van der Waals surface area contributed by atoms with Gasteiger partial charge < -0.3 is 25.4 Å². The first-order valence-electron chi connectivity index (χ1n) is 15.3. The molecule has 2 fully saturated rings. The molecule has 1 saturated carbocycles. The van der Waals surface area contributed by atoms with E-state index >= 15 is 0 Å². The zero-order chi connectivity index (χ0) is 33.5. The average Bonchev–Trinajstić information content (AvgIpc) is 3.37. The molecule has 5 amide bonds. The molecule has 3 aliphatic rings. The Bertz CT molecular complexity index is 1460. The number of nitrogens with one attached hydrogen (secondary N) is 3. The van der Waals surface area contributed by atoms with Crippen LogP contribution >= 0.6 is 0 Å². The van der Waals surface area contributed by atoms with Crippen LogP contribution in [0.3, 0.4) is 0 Å². The highest BCUT2D eigenvalue weighted by molar-refractivity contribution is 7.85. The number of rotatable bonds is 15. The molecule has 4 rings (SSSR count). The summed E-state index contributed by atoms with van der Waals surface area (Å²) in [5.74, 6) is -2.14. The molecule has 0 aromatic heterocycles. The van der Waals surface area contributed by atoms with Gasteiger partial charge in [0.05, 0.1) is 12.2 Å². The Balaban J connectivity index is 1.17. The second-order valence-corrected chi connectivity index (χ2v) is 13.2. The highest BCUT2D eigenvalue weighted by atomic mass is 32.2. The quantitative estimate of drug-likeness (QED) is 0.158. The lowest BCUT2D eigenvalue weighted by Gasteiger charge is -2.26. The number of carboxylic acid groups (broad SMARTS) is 1. The van der Waals surface area contributed by atoms with Gasteiger partial charge in [0.15, 0.2) is 0 Å². The number of carbonyl (C=O) groups is 5. The maximum Gasteiger partial charge on any atom is 0.407 e. The summed E-state index contributed by atoms with van der Waals surface area (Å²) < 4.78 is 36.5. The second kappa shape index (κ2) is 14.9. The number of ether oxygens (including phenoxy) is 1. The molecule has 1 saturated heterocycles. The third-order valence-corrected chi connectivity index (χ3v) is 9.28. The van der Waals surface area contributed by atoms with E-state index in [1.54, 1.807) is 6.92 Å². The van der Waals surface area contributed by atoms with E-state index in [0.717, 1.165) is 16.7 Å². The first-order valence-corrected chi connectivity index (χ1v) is 16.7. The fourth-order valence-electron chi connectivity index (χ4n) is 5.49. The van der Waals surface area contributed by atoms with Gasteiger partial charge in [-0.2, -0.15) is 8.42 Å². The number of nitrogens with zero attached hydrogens (tertiary/aromatic N) is 2. The summed E-state index contributed by atoms with van der Waals surface area (Å²) in [4.78, 5) is 64.8. The van der Waals surface area contributed by atoms with Gasteiger partial charge in [0.1, 0.15) is 18.6 Å². The van der Waals surface area contributed by atoms with E-state index in [2.05, 4.69) is 17.2 Å². The number of carbonyl (C=O) groups excluding carboxylic acids is 4. The summed E-state index contributed by atoms with van der Waals surface area (Å²) in [6.07, 6.45) is 3.47. The number of alkyl carbamates (subject to hydrolysis) is 1. The minimum absolute atomic E-state index is 0.0602. The molecule has 1 aromatic rings. The van der Waals surface area contributed by atoms with Crippen LogP contribution in [0, 0.1) is 0 Å². The second-order valence-electron chi connectivity index (χ2n) is 11.9. The molecule has 2 aliphatic heterocycles. The van der Waals surface area contributed by atoms with Crippen molar-refractivity contribution in [3.05, 3.63) is 47.5 Å². The number of amides is 5. The smallest absolute Gasteiger partial charge is 0.407 e. The highest BCUT2D eigenvalue weighted by Gasteiger charge is 2.44. The predicted octanol–water partition coefficient (Wildman–Crippen LogP) is 1.71. The molecule has 15 nitrogen and oxygen atoms in total. The summed E-state index contributed by atoms with van der Waals surface area (Å²) in [7, 11) is -4.38. The normalized spacial score (nSPS) is 18.7. The summed E-state index contributed by atoms with van der Waals surface area (Å²) >= 11 is 0. The van der Waals surface area contributed by atoms with Crippen LogP contribution in [0.25, 0.3) is 0 Å². The van der Waals surface area contributed by atoms with Crippen molar-refractivity contribution in [3.63, 3.8) is 0 Å². The maximum atomic E-state index is 13.1. The lowest BCUT2D eigenvalue weighted by atomic mass is 9.99. The van der Waals surface area contributed by atoms with Crippen LogP contribution in [0.15, 0.2) is 30.9 Å². The predicted molar refractivity (Wildman–Crippen MR) is 163 cm³/mol. The van der Waals surface area contributed by atoms with E-state index in [0.29, 0.717) is 58.0 Å². The van der Waals surface area contributed by atoms with Crippen LogP contribution in [0.4, 0.5) is 9.59 Å². The van der Waals surface area contributed by atoms with Crippen LogP contribution in [-0.4, -0.2) is 90.6 Å². The number of aryl methyl sites for hydroxylation is 1. The molecule has 16 heteroatoms. The van der Waals surface area contributed by atoms with E-state index < -0.39 is 64.4 Å². The molecule has 2 unspecified atom stereocenters. The number of likely N-dealkylation sites (tertiary alicyclic amines) is 1. The molecule has 2 heterocycles. The number of unbranched alkanes of at least 4 members (excludes halogenated alkanes) is 1. The molecule has 4 N–H and O–H groups in total. The van der Waals surface area contributed by atoms with Crippen molar-refractivity contribution in [1.29, 1.82) is 0 Å². The topological polar surface area (TPSA) is 201 Å². The fraction of sp³-hybridized carbons (Fsp3) is 0.567. The highest BCUT2D eigenvalue weighted by Crippen LogP contribution is 2.39. The number of fused-ring (bicyclic) bond motifs is 1. The molecule has 0 spiro atoms. The largest absolute Gasteiger partial charge is 0.465 e. The lowest BCUT2D eigenvalue weighted by Crippen LogP contribution is -2.54. The van der Waals surface area contributed by atoms with Gasteiger partial charge in [-0.1, -0.05) is 24.3 Å². The Morgan fingerprint density at radius 1 is 1.17 bits per heavy atom. The van der Waals surface area contributed by atoms with Gasteiger partial charge in [0.2, 0.25) is 11.8 Å². The Morgan fingerprint density at radius 3 is 2.63 bits per heavy atom. The van der Waals surface area contributed by atoms with Crippen LogP contribution in [0.2, 0.25) is 0 Å². The van der Waals surface area contributed by atoms with Gasteiger partial charge >= 0.3 is 22.5 Å². The van der Waals surface area contributed by atoms with Crippen molar-refractivity contribution in [2.24, 2.45) is 0 Å².